The van der Waals surface area contributed by atoms with Crippen molar-refractivity contribution >= 4 is 16.8 Å². The fourth-order valence-corrected chi connectivity index (χ4v) is 2.25. The molecular weight excluding hydrogens is 255 g/mol. The lowest BCUT2D eigenvalue weighted by atomic mass is 10.0. The van der Waals surface area contributed by atoms with Crippen molar-refractivity contribution in [3.63, 3.8) is 0 Å². The third-order valence-corrected chi connectivity index (χ3v) is 3.42. The zero-order valence-electron chi connectivity index (χ0n) is 11.2. The van der Waals surface area contributed by atoms with Crippen molar-refractivity contribution < 1.29 is 13.6 Å². The molecule has 3 heteroatoms. The summed E-state index contributed by atoms with van der Waals surface area (Å²) in [6.07, 6.45) is 0. The van der Waals surface area contributed by atoms with E-state index >= 15 is 0 Å². The Morgan fingerprint density at radius 1 is 1.05 bits per heavy atom. The molecule has 3 rings (SSSR count). The van der Waals surface area contributed by atoms with Crippen molar-refractivity contribution in [2.24, 2.45) is 0 Å². The summed E-state index contributed by atoms with van der Waals surface area (Å²) in [5.41, 5.74) is 2.80. The van der Waals surface area contributed by atoms with Crippen molar-refractivity contribution in [1.82, 2.24) is 0 Å². The van der Waals surface area contributed by atoms with E-state index < -0.39 is 0 Å². The third-order valence-electron chi connectivity index (χ3n) is 3.42. The zero-order chi connectivity index (χ0) is 14.3. The molecule has 0 fully saturated rings. The molecule has 0 aliphatic carbocycles. The second kappa shape index (κ2) is 4.60. The molecule has 0 bridgehead atoms. The van der Waals surface area contributed by atoms with Gasteiger partial charge in [0.05, 0.1) is 0 Å². The van der Waals surface area contributed by atoms with Crippen molar-refractivity contribution in [1.29, 1.82) is 0 Å². The monoisotopic (exact) mass is 268 g/mol. The second-order valence-electron chi connectivity index (χ2n) is 4.89. The molecule has 0 unspecified atom stereocenters. The average molecular weight is 268 g/mol. The Balaban J connectivity index is 2.12. The normalized spacial score (nSPS) is 10.9. The van der Waals surface area contributed by atoms with Crippen molar-refractivity contribution in [3.8, 4) is 0 Å². The predicted octanol–water partition coefficient (Wildman–Crippen LogP) is 4.42. The quantitative estimate of drug-likeness (QED) is 0.644. The Morgan fingerprint density at radius 2 is 1.75 bits per heavy atom. The van der Waals surface area contributed by atoms with E-state index in [2.05, 4.69) is 0 Å². The fourth-order valence-electron chi connectivity index (χ4n) is 2.25. The van der Waals surface area contributed by atoms with Gasteiger partial charge in [-0.2, -0.15) is 0 Å². The molecular formula is C17H13FO2. The first-order valence-corrected chi connectivity index (χ1v) is 6.36. The maximum atomic E-state index is 13.2. The molecule has 20 heavy (non-hydrogen) atoms. The molecule has 0 spiro atoms. The highest BCUT2D eigenvalue weighted by molar-refractivity contribution is 6.10. The number of furan rings is 1. The van der Waals surface area contributed by atoms with Gasteiger partial charge in [-0.25, -0.2) is 4.39 Å². The summed E-state index contributed by atoms with van der Waals surface area (Å²) in [5.74, 6) is -0.283. The molecule has 0 aliphatic heterocycles. The van der Waals surface area contributed by atoms with Gasteiger partial charge in [-0.05, 0) is 26.0 Å². The van der Waals surface area contributed by atoms with Crippen LogP contribution in [0.4, 0.5) is 4.39 Å². The molecule has 0 N–H and O–H groups in total. The van der Waals surface area contributed by atoms with Crippen LogP contribution >= 0.6 is 0 Å². The first-order valence-electron chi connectivity index (χ1n) is 6.36. The number of ketones is 1. The molecule has 0 saturated carbocycles. The van der Waals surface area contributed by atoms with Gasteiger partial charge < -0.3 is 4.42 Å². The molecule has 0 radical (unpaired) electrons. The molecule has 0 atom stereocenters. The van der Waals surface area contributed by atoms with Gasteiger partial charge in [-0.3, -0.25) is 4.79 Å². The van der Waals surface area contributed by atoms with E-state index in [4.69, 9.17) is 4.42 Å². The van der Waals surface area contributed by atoms with Crippen molar-refractivity contribution in [2.45, 2.75) is 13.8 Å². The van der Waals surface area contributed by atoms with Crippen LogP contribution < -0.4 is 0 Å². The van der Waals surface area contributed by atoms with E-state index in [1.54, 1.807) is 18.2 Å². The van der Waals surface area contributed by atoms with E-state index in [0.717, 1.165) is 16.5 Å². The Hall–Kier alpha value is -2.42. The van der Waals surface area contributed by atoms with Crippen LogP contribution in [0.2, 0.25) is 0 Å². The molecule has 1 heterocycles. The largest absolute Gasteiger partial charge is 0.452 e. The standard InChI is InChI=1S/C17H13FO2/c1-10-3-5-12(6-4-10)16(19)17-11(2)14-8-7-13(18)9-15(14)20-17/h3-9H,1-2H3. The van der Waals surface area contributed by atoms with Crippen molar-refractivity contribution in [3.05, 3.63) is 70.7 Å². The molecule has 0 amide bonds. The molecule has 100 valence electrons. The molecule has 0 aliphatic rings. The SMILES string of the molecule is Cc1ccc(C(=O)c2oc3cc(F)ccc3c2C)cc1. The lowest BCUT2D eigenvalue weighted by molar-refractivity contribution is 0.101. The van der Waals surface area contributed by atoms with E-state index in [1.807, 2.05) is 26.0 Å². The van der Waals surface area contributed by atoms with E-state index in [9.17, 15) is 9.18 Å². The third kappa shape index (κ3) is 2.01. The smallest absolute Gasteiger partial charge is 0.228 e. The summed E-state index contributed by atoms with van der Waals surface area (Å²) in [5, 5.41) is 0.766. The van der Waals surface area contributed by atoms with Gasteiger partial charge in [0.25, 0.3) is 0 Å². The number of carbonyl (C=O) groups is 1. The molecule has 1 aromatic heterocycles. The van der Waals surface area contributed by atoms with Gasteiger partial charge in [0.1, 0.15) is 11.4 Å². The van der Waals surface area contributed by atoms with Crippen LogP contribution in [0.15, 0.2) is 46.9 Å². The molecule has 2 nitrogen and oxygen atoms in total. The fraction of sp³-hybridized carbons (Fsp3) is 0.118. The maximum absolute atomic E-state index is 13.2. The lowest BCUT2D eigenvalue weighted by Gasteiger charge is -1.99. The van der Waals surface area contributed by atoms with Crippen LogP contribution in [-0.4, -0.2) is 5.78 Å². The van der Waals surface area contributed by atoms with Crippen LogP contribution in [0, 0.1) is 19.7 Å². The minimum atomic E-state index is -0.374. The predicted molar refractivity (Wildman–Crippen MR) is 75.5 cm³/mol. The summed E-state index contributed by atoms with van der Waals surface area (Å²) in [7, 11) is 0. The first-order chi connectivity index (χ1) is 9.56. The van der Waals surface area contributed by atoms with Gasteiger partial charge in [0.2, 0.25) is 5.78 Å². The van der Waals surface area contributed by atoms with Gasteiger partial charge in [-0.1, -0.05) is 29.8 Å². The highest BCUT2D eigenvalue weighted by Gasteiger charge is 2.19. The minimum absolute atomic E-state index is 0.181. The summed E-state index contributed by atoms with van der Waals surface area (Å²) < 4.78 is 18.7. The van der Waals surface area contributed by atoms with Crippen LogP contribution in [-0.2, 0) is 0 Å². The second-order valence-corrected chi connectivity index (χ2v) is 4.89. The van der Waals surface area contributed by atoms with Crippen LogP contribution in [0.3, 0.4) is 0 Å². The highest BCUT2D eigenvalue weighted by atomic mass is 19.1. The number of fused-ring (bicyclic) bond motifs is 1. The van der Waals surface area contributed by atoms with Gasteiger partial charge >= 0.3 is 0 Å². The maximum Gasteiger partial charge on any atom is 0.228 e. The van der Waals surface area contributed by atoms with Gasteiger partial charge in [0, 0.05) is 22.6 Å². The topological polar surface area (TPSA) is 30.2 Å². The Bertz CT molecular complexity index is 798. The summed E-state index contributed by atoms with van der Waals surface area (Å²) in [6, 6.07) is 11.6. The molecule has 2 aromatic carbocycles. The number of carbonyl (C=O) groups excluding carboxylic acids is 1. The summed E-state index contributed by atoms with van der Waals surface area (Å²) in [4.78, 5) is 12.4. The Morgan fingerprint density at radius 3 is 2.45 bits per heavy atom. The Labute approximate surface area is 115 Å². The number of aryl methyl sites for hydroxylation is 2. The Kier molecular flexibility index (Phi) is 2.90. The van der Waals surface area contributed by atoms with Gasteiger partial charge in [0.15, 0.2) is 5.76 Å². The van der Waals surface area contributed by atoms with Crippen LogP contribution in [0.1, 0.15) is 27.2 Å². The van der Waals surface area contributed by atoms with Crippen LogP contribution in [0.25, 0.3) is 11.0 Å². The first kappa shape index (κ1) is 12.6. The minimum Gasteiger partial charge on any atom is -0.452 e. The molecule has 3 aromatic rings. The lowest BCUT2D eigenvalue weighted by Crippen LogP contribution is -2.01. The molecule has 0 saturated heterocycles. The summed E-state index contributed by atoms with van der Waals surface area (Å²) in [6.45, 7) is 3.77. The number of rotatable bonds is 2. The van der Waals surface area contributed by atoms with Crippen molar-refractivity contribution in [2.75, 3.05) is 0 Å². The number of hydrogen-bond donors (Lipinski definition) is 0. The zero-order valence-corrected chi connectivity index (χ0v) is 11.2. The number of hydrogen-bond acceptors (Lipinski definition) is 2. The van der Waals surface area contributed by atoms with Gasteiger partial charge in [-0.15, -0.1) is 0 Å². The highest BCUT2D eigenvalue weighted by Crippen LogP contribution is 2.27. The van der Waals surface area contributed by atoms with E-state index in [1.165, 1.54) is 12.1 Å². The van der Waals surface area contributed by atoms with E-state index in [-0.39, 0.29) is 17.4 Å². The van der Waals surface area contributed by atoms with Crippen LogP contribution in [0.5, 0.6) is 0 Å². The number of halogens is 1. The average Bonchev–Trinajstić information content (AvgIpc) is 2.75. The van der Waals surface area contributed by atoms with E-state index in [0.29, 0.717) is 11.1 Å². The summed E-state index contributed by atoms with van der Waals surface area (Å²) >= 11 is 0. The number of benzene rings is 2.